The van der Waals surface area contributed by atoms with E-state index < -0.39 is 0 Å². The Labute approximate surface area is 117 Å². The average molecular weight is 276 g/mol. The molecule has 0 spiro atoms. The second-order valence-corrected chi connectivity index (χ2v) is 4.72. The summed E-state index contributed by atoms with van der Waals surface area (Å²) in [7, 11) is 1.85. The molecule has 108 valence electrons. The van der Waals surface area contributed by atoms with Crippen molar-refractivity contribution in [3.05, 3.63) is 12.5 Å². The number of aryl methyl sites for hydroxylation is 1. The normalized spacial score (nSPS) is 12.1. The standard InChI is InChI=1S/C12H20N8/c1-8(2)19-12(13)15-5-4-14-10-9-6-18-20(3)11(9)17-7-16-10/h6-8H,4-5H2,1-3H3,(H3,13,15,19)(H,14,16,17). The first-order valence-electron chi connectivity index (χ1n) is 6.51. The lowest BCUT2D eigenvalue weighted by Crippen LogP contribution is -2.37. The number of nitrogens with zero attached hydrogens (tertiary/aromatic N) is 5. The molecule has 20 heavy (non-hydrogen) atoms. The van der Waals surface area contributed by atoms with Gasteiger partial charge in [0.25, 0.3) is 0 Å². The van der Waals surface area contributed by atoms with Crippen LogP contribution in [0.4, 0.5) is 5.82 Å². The Kier molecular flexibility index (Phi) is 4.34. The molecule has 8 nitrogen and oxygen atoms in total. The molecule has 0 bridgehead atoms. The summed E-state index contributed by atoms with van der Waals surface area (Å²) in [6.45, 7) is 5.24. The molecule has 0 amide bonds. The average Bonchev–Trinajstić information content (AvgIpc) is 2.77. The smallest absolute Gasteiger partial charge is 0.188 e. The first kappa shape index (κ1) is 14.0. The number of hydrogen-bond donors (Lipinski definition) is 3. The summed E-state index contributed by atoms with van der Waals surface area (Å²) in [6.07, 6.45) is 3.26. The van der Waals surface area contributed by atoms with E-state index >= 15 is 0 Å². The zero-order valence-corrected chi connectivity index (χ0v) is 12.0. The minimum absolute atomic E-state index is 0.281. The summed E-state index contributed by atoms with van der Waals surface area (Å²) in [4.78, 5) is 12.6. The molecule has 0 saturated carbocycles. The van der Waals surface area contributed by atoms with Crippen molar-refractivity contribution < 1.29 is 0 Å². The predicted molar refractivity (Wildman–Crippen MR) is 79.6 cm³/mol. The number of fused-ring (bicyclic) bond motifs is 1. The highest BCUT2D eigenvalue weighted by molar-refractivity contribution is 5.85. The highest BCUT2D eigenvalue weighted by Gasteiger charge is 2.06. The van der Waals surface area contributed by atoms with Gasteiger partial charge < -0.3 is 16.4 Å². The Bertz CT molecular complexity index is 601. The highest BCUT2D eigenvalue weighted by Crippen LogP contribution is 2.17. The van der Waals surface area contributed by atoms with Crippen molar-refractivity contribution in [2.75, 3.05) is 18.4 Å². The zero-order valence-electron chi connectivity index (χ0n) is 12.0. The van der Waals surface area contributed by atoms with E-state index in [1.165, 1.54) is 6.33 Å². The minimum atomic E-state index is 0.281. The lowest BCUT2D eigenvalue weighted by atomic mass is 10.4. The minimum Gasteiger partial charge on any atom is -0.370 e. The van der Waals surface area contributed by atoms with Crippen LogP contribution < -0.4 is 16.4 Å². The van der Waals surface area contributed by atoms with Gasteiger partial charge in [-0.15, -0.1) is 0 Å². The van der Waals surface area contributed by atoms with Crippen LogP contribution in [0, 0.1) is 0 Å². The van der Waals surface area contributed by atoms with E-state index in [2.05, 4.69) is 30.7 Å². The number of anilines is 1. The van der Waals surface area contributed by atoms with E-state index in [9.17, 15) is 0 Å². The van der Waals surface area contributed by atoms with Gasteiger partial charge in [-0.3, -0.25) is 9.67 Å². The van der Waals surface area contributed by atoms with Gasteiger partial charge in [0.05, 0.1) is 18.1 Å². The summed E-state index contributed by atoms with van der Waals surface area (Å²) in [6, 6.07) is 0.281. The van der Waals surface area contributed by atoms with Crippen molar-refractivity contribution >= 4 is 22.8 Å². The largest absolute Gasteiger partial charge is 0.370 e. The van der Waals surface area contributed by atoms with Crippen molar-refractivity contribution in [2.24, 2.45) is 17.8 Å². The van der Waals surface area contributed by atoms with Crippen molar-refractivity contribution in [1.82, 2.24) is 25.1 Å². The Balaban J connectivity index is 1.93. The van der Waals surface area contributed by atoms with Crippen LogP contribution in [0.25, 0.3) is 11.0 Å². The molecule has 2 aromatic rings. The molecule has 0 radical (unpaired) electrons. The second kappa shape index (κ2) is 6.18. The molecule has 0 unspecified atom stereocenters. The molecule has 2 aromatic heterocycles. The number of nitrogens with one attached hydrogen (secondary N) is 2. The fraction of sp³-hybridized carbons (Fsp3) is 0.500. The monoisotopic (exact) mass is 276 g/mol. The number of aromatic nitrogens is 4. The maximum absolute atomic E-state index is 5.72. The van der Waals surface area contributed by atoms with Gasteiger partial charge in [0, 0.05) is 19.6 Å². The Morgan fingerprint density at radius 3 is 3.00 bits per heavy atom. The van der Waals surface area contributed by atoms with Crippen LogP contribution in [0.15, 0.2) is 17.5 Å². The molecule has 8 heteroatoms. The molecule has 0 saturated heterocycles. The van der Waals surface area contributed by atoms with Gasteiger partial charge in [0.15, 0.2) is 11.6 Å². The van der Waals surface area contributed by atoms with E-state index in [1.54, 1.807) is 10.9 Å². The van der Waals surface area contributed by atoms with Crippen molar-refractivity contribution in [1.29, 1.82) is 0 Å². The molecule has 0 fully saturated rings. The predicted octanol–water partition coefficient (Wildman–Crippen LogP) is 0.0879. The quantitative estimate of drug-likeness (QED) is 0.406. The van der Waals surface area contributed by atoms with Gasteiger partial charge >= 0.3 is 0 Å². The zero-order chi connectivity index (χ0) is 14.5. The first-order valence-corrected chi connectivity index (χ1v) is 6.51. The van der Waals surface area contributed by atoms with Crippen LogP contribution in [-0.2, 0) is 7.05 Å². The Hall–Kier alpha value is -2.38. The molecule has 0 atom stereocenters. The SMILES string of the molecule is CC(C)NC(N)=NCCNc1ncnc2c1cnn2C. The molecular weight excluding hydrogens is 256 g/mol. The number of nitrogens with two attached hydrogens (primary N) is 1. The van der Waals surface area contributed by atoms with E-state index in [-0.39, 0.29) is 6.04 Å². The van der Waals surface area contributed by atoms with Crippen molar-refractivity contribution in [3.63, 3.8) is 0 Å². The van der Waals surface area contributed by atoms with Crippen LogP contribution in [0.2, 0.25) is 0 Å². The summed E-state index contributed by atoms with van der Waals surface area (Å²) >= 11 is 0. The second-order valence-electron chi connectivity index (χ2n) is 4.72. The first-order chi connectivity index (χ1) is 9.58. The van der Waals surface area contributed by atoms with Crippen LogP contribution in [0.1, 0.15) is 13.8 Å². The number of hydrogen-bond acceptors (Lipinski definition) is 5. The topological polar surface area (TPSA) is 106 Å². The summed E-state index contributed by atoms with van der Waals surface area (Å²) in [5.74, 6) is 1.21. The molecule has 0 aliphatic rings. The van der Waals surface area contributed by atoms with Crippen LogP contribution >= 0.6 is 0 Å². The fourth-order valence-corrected chi connectivity index (χ4v) is 1.79. The maximum atomic E-state index is 5.72. The van der Waals surface area contributed by atoms with Gasteiger partial charge in [0.2, 0.25) is 0 Å². The van der Waals surface area contributed by atoms with Crippen molar-refractivity contribution in [2.45, 2.75) is 19.9 Å². The van der Waals surface area contributed by atoms with E-state index in [0.717, 1.165) is 16.9 Å². The molecule has 2 heterocycles. The molecule has 2 rings (SSSR count). The summed E-state index contributed by atoms with van der Waals surface area (Å²) in [5.41, 5.74) is 6.52. The Morgan fingerprint density at radius 1 is 1.45 bits per heavy atom. The highest BCUT2D eigenvalue weighted by atomic mass is 15.3. The fourth-order valence-electron chi connectivity index (χ4n) is 1.79. The molecule has 0 aliphatic carbocycles. The van der Waals surface area contributed by atoms with E-state index in [1.807, 2.05) is 20.9 Å². The Morgan fingerprint density at radius 2 is 2.25 bits per heavy atom. The van der Waals surface area contributed by atoms with Crippen LogP contribution in [0.3, 0.4) is 0 Å². The van der Waals surface area contributed by atoms with E-state index in [0.29, 0.717) is 19.0 Å². The van der Waals surface area contributed by atoms with Crippen LogP contribution in [-0.4, -0.2) is 44.8 Å². The lowest BCUT2D eigenvalue weighted by Gasteiger charge is -2.09. The van der Waals surface area contributed by atoms with Gasteiger partial charge in [-0.05, 0) is 13.8 Å². The molecule has 0 aliphatic heterocycles. The van der Waals surface area contributed by atoms with Gasteiger partial charge in [-0.1, -0.05) is 0 Å². The van der Waals surface area contributed by atoms with Crippen LogP contribution in [0.5, 0.6) is 0 Å². The molecular formula is C12H20N8. The molecule has 4 N–H and O–H groups in total. The third-order valence-electron chi connectivity index (χ3n) is 2.65. The van der Waals surface area contributed by atoms with Gasteiger partial charge in [-0.2, -0.15) is 5.10 Å². The number of rotatable bonds is 5. The number of guanidine groups is 1. The maximum Gasteiger partial charge on any atom is 0.188 e. The summed E-state index contributed by atoms with van der Waals surface area (Å²) < 4.78 is 1.71. The van der Waals surface area contributed by atoms with Gasteiger partial charge in [0.1, 0.15) is 12.1 Å². The molecule has 0 aromatic carbocycles. The van der Waals surface area contributed by atoms with Crippen molar-refractivity contribution in [3.8, 4) is 0 Å². The lowest BCUT2D eigenvalue weighted by molar-refractivity contribution is 0.724. The van der Waals surface area contributed by atoms with Gasteiger partial charge in [-0.25, -0.2) is 9.97 Å². The van der Waals surface area contributed by atoms with E-state index in [4.69, 9.17) is 5.73 Å². The summed E-state index contributed by atoms with van der Waals surface area (Å²) in [5, 5.41) is 11.3. The third-order valence-corrected chi connectivity index (χ3v) is 2.65. The number of aliphatic imine (C=N–C) groups is 1. The third kappa shape index (κ3) is 3.34.